The number of carbonyl (C=O) groups is 3. The second-order valence-electron chi connectivity index (χ2n) is 7.89. The van der Waals surface area contributed by atoms with Crippen molar-refractivity contribution in [2.75, 3.05) is 26.3 Å². The first-order valence-corrected chi connectivity index (χ1v) is 10.8. The first-order valence-electron chi connectivity index (χ1n) is 10.8. The molecule has 2 aliphatic heterocycles. The summed E-state index contributed by atoms with van der Waals surface area (Å²) in [6, 6.07) is 11.0. The molecule has 0 bridgehead atoms. The number of esters is 1. The molecule has 0 unspecified atom stereocenters. The lowest BCUT2D eigenvalue weighted by atomic mass is 9.91. The zero-order chi connectivity index (χ0) is 23.4. The summed E-state index contributed by atoms with van der Waals surface area (Å²) < 4.78 is 30.6. The molecule has 174 valence electrons. The maximum absolute atomic E-state index is 15.0. The van der Waals surface area contributed by atoms with Gasteiger partial charge in [-0.25, -0.2) is 9.18 Å². The van der Waals surface area contributed by atoms with Gasteiger partial charge in [-0.3, -0.25) is 9.59 Å². The number of benzene rings is 2. The van der Waals surface area contributed by atoms with Gasteiger partial charge in [0.15, 0.2) is 0 Å². The van der Waals surface area contributed by atoms with Gasteiger partial charge in [0.25, 0.3) is 0 Å². The zero-order valence-corrected chi connectivity index (χ0v) is 18.2. The Morgan fingerprint density at radius 3 is 2.76 bits per heavy atom. The average Bonchev–Trinajstić information content (AvgIpc) is 3.37. The van der Waals surface area contributed by atoms with Crippen molar-refractivity contribution in [2.24, 2.45) is 0 Å². The number of ether oxygens (including phenoxy) is 3. The van der Waals surface area contributed by atoms with Crippen molar-refractivity contribution in [1.82, 2.24) is 10.2 Å². The number of hydrogen-bond acceptors (Lipinski definition) is 6. The normalized spacial score (nSPS) is 19.1. The highest BCUT2D eigenvalue weighted by Gasteiger charge is 2.44. The van der Waals surface area contributed by atoms with E-state index in [1.807, 2.05) is 18.2 Å². The number of rotatable bonds is 7. The Bertz CT molecular complexity index is 1040. The second-order valence-corrected chi connectivity index (χ2v) is 7.89. The van der Waals surface area contributed by atoms with Gasteiger partial charge in [0.2, 0.25) is 5.91 Å². The number of alkyl carbamates (subject to hydrolysis) is 1. The summed E-state index contributed by atoms with van der Waals surface area (Å²) in [7, 11) is 0. The fourth-order valence-electron chi connectivity index (χ4n) is 4.14. The molecule has 1 fully saturated rings. The standard InChI is InChI=1S/C24H25FN2O6/c1-2-31-21(28)13-27-12-18(17-10-16-8-9-32-20(16)11-19(17)25)22(23(27)29)26-24(30)33-14-15-6-4-3-5-7-15/h3-7,10-11,18,22H,2,8-9,12-14H2,1H3,(H,26,30)/t18-,22-/m0/s1. The summed E-state index contributed by atoms with van der Waals surface area (Å²) in [4.78, 5) is 38.8. The maximum Gasteiger partial charge on any atom is 0.408 e. The minimum atomic E-state index is -1.09. The van der Waals surface area contributed by atoms with Crippen molar-refractivity contribution < 1.29 is 33.0 Å². The Hall–Kier alpha value is -3.62. The van der Waals surface area contributed by atoms with Crippen LogP contribution in [0.1, 0.15) is 29.5 Å². The first kappa shape index (κ1) is 22.6. The summed E-state index contributed by atoms with van der Waals surface area (Å²) in [5.74, 6) is -1.82. The van der Waals surface area contributed by atoms with Gasteiger partial charge in [0.05, 0.1) is 13.2 Å². The van der Waals surface area contributed by atoms with Crippen LogP contribution in [-0.2, 0) is 32.1 Å². The van der Waals surface area contributed by atoms with E-state index in [-0.39, 0.29) is 31.9 Å². The molecule has 33 heavy (non-hydrogen) atoms. The third-order valence-corrected chi connectivity index (χ3v) is 5.72. The van der Waals surface area contributed by atoms with Crippen molar-refractivity contribution in [1.29, 1.82) is 0 Å². The van der Waals surface area contributed by atoms with Gasteiger partial charge in [-0.2, -0.15) is 0 Å². The molecule has 0 aliphatic carbocycles. The van der Waals surface area contributed by atoms with Crippen LogP contribution in [0.25, 0.3) is 0 Å². The van der Waals surface area contributed by atoms with Crippen LogP contribution in [0.3, 0.4) is 0 Å². The molecule has 2 atom stereocenters. The third-order valence-electron chi connectivity index (χ3n) is 5.72. The van der Waals surface area contributed by atoms with Crippen LogP contribution >= 0.6 is 0 Å². The van der Waals surface area contributed by atoms with Crippen molar-refractivity contribution in [3.63, 3.8) is 0 Å². The molecule has 1 N–H and O–H groups in total. The van der Waals surface area contributed by atoms with E-state index in [1.165, 1.54) is 11.0 Å². The molecule has 2 aromatic rings. The molecular weight excluding hydrogens is 431 g/mol. The minimum absolute atomic E-state index is 0.0232. The number of amides is 2. The largest absolute Gasteiger partial charge is 0.493 e. The van der Waals surface area contributed by atoms with Gasteiger partial charge in [-0.05, 0) is 29.7 Å². The summed E-state index contributed by atoms with van der Waals surface area (Å²) >= 11 is 0. The van der Waals surface area contributed by atoms with E-state index < -0.39 is 35.7 Å². The topological polar surface area (TPSA) is 94.2 Å². The number of nitrogens with zero attached hydrogens (tertiary/aromatic N) is 1. The van der Waals surface area contributed by atoms with E-state index >= 15 is 0 Å². The Balaban J connectivity index is 1.53. The molecule has 2 aliphatic rings. The molecule has 2 heterocycles. The number of nitrogens with one attached hydrogen (secondary N) is 1. The lowest BCUT2D eigenvalue weighted by Crippen LogP contribution is -2.44. The molecule has 0 saturated carbocycles. The Kier molecular flexibility index (Phi) is 6.76. The highest BCUT2D eigenvalue weighted by Crippen LogP contribution is 2.36. The Morgan fingerprint density at radius 1 is 1.21 bits per heavy atom. The van der Waals surface area contributed by atoms with E-state index in [2.05, 4.69) is 5.32 Å². The predicted octanol–water partition coefficient (Wildman–Crippen LogP) is 2.54. The molecule has 2 aromatic carbocycles. The summed E-state index contributed by atoms with van der Waals surface area (Å²) in [6.07, 6.45) is -0.169. The first-order chi connectivity index (χ1) is 16.0. The van der Waals surface area contributed by atoms with E-state index in [9.17, 15) is 18.8 Å². The van der Waals surface area contributed by atoms with Gasteiger partial charge in [-0.15, -0.1) is 0 Å². The monoisotopic (exact) mass is 456 g/mol. The SMILES string of the molecule is CCOC(=O)CN1C[C@@H](c2cc3c(cc2F)OCC3)[C@H](NC(=O)OCc2ccccc2)C1=O. The average molecular weight is 456 g/mol. The van der Waals surface area contributed by atoms with Gasteiger partial charge < -0.3 is 24.4 Å². The third kappa shape index (κ3) is 5.08. The number of fused-ring (bicyclic) bond motifs is 1. The predicted molar refractivity (Wildman–Crippen MR) is 115 cm³/mol. The van der Waals surface area contributed by atoms with Gasteiger partial charge in [0, 0.05) is 24.9 Å². The van der Waals surface area contributed by atoms with Crippen LogP contribution in [-0.4, -0.2) is 55.2 Å². The summed E-state index contributed by atoms with van der Waals surface area (Å²) in [5, 5.41) is 2.58. The van der Waals surface area contributed by atoms with Crippen molar-refractivity contribution in [2.45, 2.75) is 31.9 Å². The van der Waals surface area contributed by atoms with E-state index in [0.29, 0.717) is 18.8 Å². The smallest absolute Gasteiger partial charge is 0.408 e. The number of carbonyl (C=O) groups excluding carboxylic acids is 3. The van der Waals surface area contributed by atoms with Crippen LogP contribution < -0.4 is 10.1 Å². The van der Waals surface area contributed by atoms with E-state index in [0.717, 1.165) is 11.1 Å². The molecule has 0 radical (unpaired) electrons. The van der Waals surface area contributed by atoms with Crippen LogP contribution in [0.5, 0.6) is 5.75 Å². The van der Waals surface area contributed by atoms with Crippen LogP contribution in [0, 0.1) is 5.82 Å². The minimum Gasteiger partial charge on any atom is -0.493 e. The molecular formula is C24H25FN2O6. The van der Waals surface area contributed by atoms with Gasteiger partial charge >= 0.3 is 12.1 Å². The lowest BCUT2D eigenvalue weighted by molar-refractivity contribution is -0.147. The molecule has 0 spiro atoms. The number of halogens is 1. The molecule has 9 heteroatoms. The summed E-state index contributed by atoms with van der Waals surface area (Å²) in [6.45, 7) is 2.10. The Labute approximate surface area is 190 Å². The van der Waals surface area contributed by atoms with Crippen LogP contribution in [0.4, 0.5) is 9.18 Å². The lowest BCUT2D eigenvalue weighted by Gasteiger charge is -2.19. The van der Waals surface area contributed by atoms with E-state index in [1.54, 1.807) is 25.1 Å². The van der Waals surface area contributed by atoms with Crippen molar-refractivity contribution in [3.05, 3.63) is 65.0 Å². The quantitative estimate of drug-likeness (QED) is 0.644. The number of hydrogen-bond donors (Lipinski definition) is 1. The maximum atomic E-state index is 15.0. The fourth-order valence-corrected chi connectivity index (χ4v) is 4.14. The highest BCUT2D eigenvalue weighted by atomic mass is 19.1. The van der Waals surface area contributed by atoms with Gasteiger partial charge in [-0.1, -0.05) is 30.3 Å². The van der Waals surface area contributed by atoms with E-state index in [4.69, 9.17) is 14.2 Å². The molecule has 2 amide bonds. The second kappa shape index (κ2) is 9.89. The van der Waals surface area contributed by atoms with Crippen molar-refractivity contribution >= 4 is 18.0 Å². The van der Waals surface area contributed by atoms with Gasteiger partial charge in [0.1, 0.15) is 30.8 Å². The Morgan fingerprint density at radius 2 is 2.00 bits per heavy atom. The fraction of sp³-hybridized carbons (Fsp3) is 0.375. The zero-order valence-electron chi connectivity index (χ0n) is 18.2. The van der Waals surface area contributed by atoms with Crippen molar-refractivity contribution in [3.8, 4) is 5.75 Å². The molecule has 1 saturated heterocycles. The highest BCUT2D eigenvalue weighted by molar-refractivity contribution is 5.91. The summed E-state index contributed by atoms with van der Waals surface area (Å²) in [5.41, 5.74) is 1.91. The molecule has 8 nitrogen and oxygen atoms in total. The molecule has 4 rings (SSSR count). The number of likely N-dealkylation sites (tertiary alicyclic amines) is 1. The molecule has 0 aromatic heterocycles. The van der Waals surface area contributed by atoms with Crippen LogP contribution in [0.2, 0.25) is 0 Å². The van der Waals surface area contributed by atoms with Crippen LogP contribution in [0.15, 0.2) is 42.5 Å².